The van der Waals surface area contributed by atoms with Crippen molar-refractivity contribution in [2.45, 2.75) is 34.0 Å². The van der Waals surface area contributed by atoms with Gasteiger partial charge in [-0.2, -0.15) is 0 Å². The molecule has 0 rings (SSSR count). The second-order valence-corrected chi connectivity index (χ2v) is 4.16. The van der Waals surface area contributed by atoms with Gasteiger partial charge in [0.1, 0.15) is 0 Å². The van der Waals surface area contributed by atoms with Crippen molar-refractivity contribution in [3.63, 3.8) is 0 Å². The van der Waals surface area contributed by atoms with Gasteiger partial charge in [-0.05, 0) is 25.3 Å². The van der Waals surface area contributed by atoms with Crippen LogP contribution in [0.4, 0.5) is 0 Å². The van der Waals surface area contributed by atoms with Gasteiger partial charge in [0.2, 0.25) is 0 Å². The first-order chi connectivity index (χ1) is 7.52. The monoisotopic (exact) mass is 224 g/mol. The lowest BCUT2D eigenvalue weighted by Crippen LogP contribution is -2.13. The van der Waals surface area contributed by atoms with Crippen LogP contribution in [-0.4, -0.2) is 20.5 Å². The maximum Gasteiger partial charge on any atom is 0.179 e. The molecule has 92 valence electrons. The molecule has 0 heterocycles. The van der Waals surface area contributed by atoms with E-state index >= 15 is 0 Å². The predicted octanol–water partition coefficient (Wildman–Crippen LogP) is 3.71. The summed E-state index contributed by atoms with van der Waals surface area (Å²) in [6.07, 6.45) is 7.93. The molecule has 0 spiro atoms. The van der Waals surface area contributed by atoms with Crippen LogP contribution in [0.3, 0.4) is 0 Å². The highest BCUT2D eigenvalue weighted by Gasteiger charge is 2.04. The summed E-state index contributed by atoms with van der Waals surface area (Å²) in [6.45, 7) is 8.50. The van der Waals surface area contributed by atoms with Crippen molar-refractivity contribution >= 4 is 0 Å². The van der Waals surface area contributed by atoms with Gasteiger partial charge in [-0.15, -0.1) is 0 Å². The van der Waals surface area contributed by atoms with Crippen LogP contribution in [0.15, 0.2) is 35.5 Å². The molecule has 2 heteroatoms. The Hall–Kier alpha value is -0.860. The summed E-state index contributed by atoms with van der Waals surface area (Å²) in [7, 11) is 3.27. The Bertz CT molecular complexity index is 268. The molecule has 0 aromatic carbocycles. The maximum absolute atomic E-state index is 5.14. The number of methoxy groups -OCH3 is 2. The van der Waals surface area contributed by atoms with E-state index < -0.39 is 0 Å². The third-order valence-corrected chi connectivity index (χ3v) is 2.54. The average molecular weight is 224 g/mol. The Morgan fingerprint density at radius 1 is 0.875 bits per heavy atom. The second-order valence-electron chi connectivity index (χ2n) is 4.16. The lowest BCUT2D eigenvalue weighted by atomic mass is 10.1. The zero-order chi connectivity index (χ0) is 12.6. The van der Waals surface area contributed by atoms with Crippen LogP contribution < -0.4 is 0 Å². The maximum atomic E-state index is 5.14. The first kappa shape index (κ1) is 15.1. The Labute approximate surface area is 99.6 Å². The van der Waals surface area contributed by atoms with E-state index in [4.69, 9.17) is 9.47 Å². The van der Waals surface area contributed by atoms with E-state index in [0.29, 0.717) is 5.92 Å². The minimum absolute atomic E-state index is 0.250. The summed E-state index contributed by atoms with van der Waals surface area (Å²) < 4.78 is 10.3. The highest BCUT2D eigenvalue weighted by Crippen LogP contribution is 2.08. The van der Waals surface area contributed by atoms with Crippen LogP contribution in [0, 0.1) is 5.92 Å². The highest BCUT2D eigenvalue weighted by molar-refractivity contribution is 5.19. The third kappa shape index (κ3) is 5.89. The highest BCUT2D eigenvalue weighted by atomic mass is 16.7. The molecule has 0 saturated carbocycles. The van der Waals surface area contributed by atoms with E-state index in [1.807, 2.05) is 25.2 Å². The molecule has 0 aliphatic rings. The van der Waals surface area contributed by atoms with Gasteiger partial charge in [-0.25, -0.2) is 0 Å². The third-order valence-electron chi connectivity index (χ3n) is 2.54. The Kier molecular flexibility index (Phi) is 7.86. The van der Waals surface area contributed by atoms with Gasteiger partial charge >= 0.3 is 0 Å². The van der Waals surface area contributed by atoms with Crippen molar-refractivity contribution in [1.29, 1.82) is 0 Å². The molecule has 0 aliphatic carbocycles. The minimum atomic E-state index is -0.250. The summed E-state index contributed by atoms with van der Waals surface area (Å²) in [5.41, 5.74) is 2.43. The van der Waals surface area contributed by atoms with Crippen molar-refractivity contribution in [2.75, 3.05) is 14.2 Å². The Balaban J connectivity index is 4.36. The summed E-state index contributed by atoms with van der Waals surface area (Å²) in [5, 5.41) is 0. The summed E-state index contributed by atoms with van der Waals surface area (Å²) in [5.74, 6) is 0.598. The normalized spacial score (nSPS) is 14.5. The number of allylic oxidation sites excluding steroid dienone is 5. The van der Waals surface area contributed by atoms with Crippen molar-refractivity contribution in [1.82, 2.24) is 0 Å². The molecular formula is C14H24O2. The van der Waals surface area contributed by atoms with Crippen molar-refractivity contribution < 1.29 is 9.47 Å². The smallest absolute Gasteiger partial charge is 0.179 e. The number of hydrogen-bond acceptors (Lipinski definition) is 2. The standard InChI is InChI=1S/C14H24O2/c1-11(2)12(3)9-7-8-10-13(4)14(15-5)16-6/h7-11,14H,1-6H3/b8-7+,12-9+,13-10+. The fourth-order valence-corrected chi connectivity index (χ4v) is 1.15. The largest absolute Gasteiger partial charge is 0.352 e. The second kappa shape index (κ2) is 8.31. The first-order valence-corrected chi connectivity index (χ1v) is 5.60. The number of ether oxygens (including phenoxy) is 2. The molecule has 0 unspecified atom stereocenters. The fourth-order valence-electron chi connectivity index (χ4n) is 1.15. The van der Waals surface area contributed by atoms with Crippen molar-refractivity contribution in [3.05, 3.63) is 35.5 Å². The number of hydrogen-bond donors (Lipinski definition) is 0. The van der Waals surface area contributed by atoms with Gasteiger partial charge in [0.15, 0.2) is 6.29 Å². The van der Waals surface area contributed by atoms with Gasteiger partial charge in [0, 0.05) is 14.2 Å². The molecule has 0 N–H and O–H groups in total. The van der Waals surface area contributed by atoms with E-state index in [9.17, 15) is 0 Å². The zero-order valence-electron chi connectivity index (χ0n) is 11.3. The van der Waals surface area contributed by atoms with E-state index in [-0.39, 0.29) is 6.29 Å². The van der Waals surface area contributed by atoms with Crippen molar-refractivity contribution in [3.8, 4) is 0 Å². The van der Waals surface area contributed by atoms with Gasteiger partial charge < -0.3 is 9.47 Å². The van der Waals surface area contributed by atoms with Crippen LogP contribution >= 0.6 is 0 Å². The minimum Gasteiger partial charge on any atom is -0.352 e. The average Bonchev–Trinajstić information content (AvgIpc) is 2.25. The molecule has 0 radical (unpaired) electrons. The van der Waals surface area contributed by atoms with Gasteiger partial charge in [-0.1, -0.05) is 43.7 Å². The molecule has 0 bridgehead atoms. The number of rotatable bonds is 6. The summed E-state index contributed by atoms with van der Waals surface area (Å²) >= 11 is 0. The molecule has 0 aromatic rings. The molecule has 0 aromatic heterocycles. The molecule has 0 amide bonds. The van der Waals surface area contributed by atoms with Gasteiger partial charge in [0.05, 0.1) is 0 Å². The SMILES string of the molecule is COC(OC)/C(C)=C/C=C/C=C(\C)C(C)C. The zero-order valence-corrected chi connectivity index (χ0v) is 11.3. The topological polar surface area (TPSA) is 18.5 Å². The van der Waals surface area contributed by atoms with E-state index in [1.165, 1.54) is 5.57 Å². The molecule has 0 aliphatic heterocycles. The van der Waals surface area contributed by atoms with Gasteiger partial charge in [0.25, 0.3) is 0 Å². The predicted molar refractivity (Wildman–Crippen MR) is 69.3 cm³/mol. The molecule has 0 saturated heterocycles. The van der Waals surface area contributed by atoms with E-state index in [0.717, 1.165) is 5.57 Å². The van der Waals surface area contributed by atoms with E-state index in [2.05, 4.69) is 26.8 Å². The lowest BCUT2D eigenvalue weighted by molar-refractivity contribution is -0.0746. The fraction of sp³-hybridized carbons (Fsp3) is 0.571. The van der Waals surface area contributed by atoms with Crippen molar-refractivity contribution in [2.24, 2.45) is 5.92 Å². The Morgan fingerprint density at radius 3 is 1.69 bits per heavy atom. The molecule has 0 fully saturated rings. The molecule has 0 atom stereocenters. The van der Waals surface area contributed by atoms with Crippen LogP contribution in [0.1, 0.15) is 27.7 Å². The van der Waals surface area contributed by atoms with Gasteiger partial charge in [-0.3, -0.25) is 0 Å². The van der Waals surface area contributed by atoms with E-state index in [1.54, 1.807) is 14.2 Å². The Morgan fingerprint density at radius 2 is 1.31 bits per heavy atom. The quantitative estimate of drug-likeness (QED) is 0.506. The van der Waals surface area contributed by atoms with Crippen LogP contribution in [0.2, 0.25) is 0 Å². The molecule has 16 heavy (non-hydrogen) atoms. The first-order valence-electron chi connectivity index (χ1n) is 5.60. The lowest BCUT2D eigenvalue weighted by Gasteiger charge is -2.12. The molecule has 2 nitrogen and oxygen atoms in total. The van der Waals surface area contributed by atoms with Crippen LogP contribution in [0.5, 0.6) is 0 Å². The summed E-state index contributed by atoms with van der Waals surface area (Å²) in [6, 6.07) is 0. The summed E-state index contributed by atoms with van der Waals surface area (Å²) in [4.78, 5) is 0. The van der Waals surface area contributed by atoms with Crippen LogP contribution in [0.25, 0.3) is 0 Å². The molecular weight excluding hydrogens is 200 g/mol. The van der Waals surface area contributed by atoms with Crippen LogP contribution in [-0.2, 0) is 9.47 Å².